The fraction of sp³-hybridized carbons (Fsp3) is 0.304. The monoisotopic (exact) mass is 393 g/mol. The lowest BCUT2D eigenvalue weighted by Gasteiger charge is -2.30. The third-order valence-corrected chi connectivity index (χ3v) is 5.24. The average Bonchev–Trinajstić information content (AvgIpc) is 3.29. The van der Waals surface area contributed by atoms with E-state index in [9.17, 15) is 9.90 Å². The molecule has 0 aliphatic rings. The van der Waals surface area contributed by atoms with Gasteiger partial charge in [0.2, 0.25) is 0 Å². The Bertz CT molecular complexity index is 895. The van der Waals surface area contributed by atoms with Crippen LogP contribution in [0, 0.1) is 0 Å². The predicted molar refractivity (Wildman–Crippen MR) is 113 cm³/mol. The number of anilines is 1. The maximum absolute atomic E-state index is 12.1. The van der Waals surface area contributed by atoms with Crippen molar-refractivity contribution < 1.29 is 14.6 Å². The SMILES string of the molecule is CC[C@@](Cc1ccc(OCCN(C)c2ccccn2)cc1)(C(=O)O)n1cccc1. The molecule has 2 heterocycles. The summed E-state index contributed by atoms with van der Waals surface area (Å²) in [6, 6.07) is 17.2. The van der Waals surface area contributed by atoms with Crippen molar-refractivity contribution in [3.63, 3.8) is 0 Å². The number of hydrogen-bond acceptors (Lipinski definition) is 4. The molecule has 0 radical (unpaired) electrons. The van der Waals surface area contributed by atoms with Gasteiger partial charge in [-0.2, -0.15) is 0 Å². The van der Waals surface area contributed by atoms with E-state index in [2.05, 4.69) is 4.98 Å². The molecule has 1 aromatic carbocycles. The number of ether oxygens (including phenoxy) is 1. The minimum atomic E-state index is -0.989. The largest absolute Gasteiger partial charge is 0.492 e. The Labute approximate surface area is 171 Å². The maximum Gasteiger partial charge on any atom is 0.330 e. The number of carbonyl (C=O) groups is 1. The fourth-order valence-corrected chi connectivity index (χ4v) is 3.39. The van der Waals surface area contributed by atoms with Crippen LogP contribution in [-0.2, 0) is 16.8 Å². The van der Waals surface area contributed by atoms with E-state index in [1.807, 2.05) is 85.9 Å². The first-order valence-electron chi connectivity index (χ1n) is 9.76. The number of benzene rings is 1. The number of rotatable bonds is 10. The summed E-state index contributed by atoms with van der Waals surface area (Å²) in [6.45, 7) is 3.15. The first kappa shape index (κ1) is 20.5. The van der Waals surface area contributed by atoms with Gasteiger partial charge >= 0.3 is 5.97 Å². The molecule has 0 amide bonds. The summed E-state index contributed by atoms with van der Waals surface area (Å²) in [5.74, 6) is 0.844. The summed E-state index contributed by atoms with van der Waals surface area (Å²) in [6.07, 6.45) is 6.30. The summed E-state index contributed by atoms with van der Waals surface area (Å²) in [4.78, 5) is 18.4. The third-order valence-electron chi connectivity index (χ3n) is 5.24. The lowest BCUT2D eigenvalue weighted by Crippen LogP contribution is -2.42. The number of pyridine rings is 1. The Kier molecular flexibility index (Phi) is 6.54. The maximum atomic E-state index is 12.1. The molecule has 6 nitrogen and oxygen atoms in total. The molecule has 0 aliphatic carbocycles. The Balaban J connectivity index is 1.60. The molecule has 152 valence electrons. The van der Waals surface area contributed by atoms with Crippen LogP contribution < -0.4 is 9.64 Å². The molecule has 0 fully saturated rings. The summed E-state index contributed by atoms with van der Waals surface area (Å²) in [5.41, 5.74) is -0.0296. The number of carboxylic acids is 1. The van der Waals surface area contributed by atoms with Gasteiger partial charge in [-0.3, -0.25) is 0 Å². The molecule has 3 aromatic rings. The quantitative estimate of drug-likeness (QED) is 0.567. The summed E-state index contributed by atoms with van der Waals surface area (Å²) >= 11 is 0. The lowest BCUT2D eigenvalue weighted by molar-refractivity contribution is -0.147. The van der Waals surface area contributed by atoms with E-state index < -0.39 is 11.5 Å². The van der Waals surface area contributed by atoms with Crippen molar-refractivity contribution in [1.82, 2.24) is 9.55 Å². The molecule has 0 aliphatic heterocycles. The van der Waals surface area contributed by atoms with Crippen molar-refractivity contribution in [2.45, 2.75) is 25.3 Å². The van der Waals surface area contributed by atoms with Crippen molar-refractivity contribution in [3.8, 4) is 5.75 Å². The van der Waals surface area contributed by atoms with Crippen LogP contribution in [0.25, 0.3) is 0 Å². The molecular formula is C23H27N3O3. The molecule has 6 heteroatoms. The Morgan fingerprint density at radius 2 is 1.86 bits per heavy atom. The normalized spacial score (nSPS) is 12.9. The molecular weight excluding hydrogens is 366 g/mol. The molecule has 1 atom stereocenters. The van der Waals surface area contributed by atoms with E-state index in [4.69, 9.17) is 4.74 Å². The number of nitrogens with zero attached hydrogens (tertiary/aromatic N) is 3. The van der Waals surface area contributed by atoms with Crippen molar-refractivity contribution in [1.29, 1.82) is 0 Å². The highest BCUT2D eigenvalue weighted by Gasteiger charge is 2.38. The van der Waals surface area contributed by atoms with Gasteiger partial charge in [-0.05, 0) is 48.4 Å². The van der Waals surface area contributed by atoms with Crippen LogP contribution in [0.1, 0.15) is 18.9 Å². The van der Waals surface area contributed by atoms with Gasteiger partial charge in [0.05, 0.1) is 6.54 Å². The summed E-state index contributed by atoms with van der Waals surface area (Å²) in [5, 5.41) is 9.92. The predicted octanol–water partition coefficient (Wildman–Crippen LogP) is 3.83. The van der Waals surface area contributed by atoms with E-state index in [0.29, 0.717) is 26.0 Å². The molecule has 29 heavy (non-hydrogen) atoms. The number of aromatic nitrogens is 2. The molecule has 3 rings (SSSR count). The molecule has 0 bridgehead atoms. The summed E-state index contributed by atoms with van der Waals surface area (Å²) in [7, 11) is 1.98. The van der Waals surface area contributed by atoms with Gasteiger partial charge in [0.15, 0.2) is 0 Å². The van der Waals surface area contributed by atoms with Crippen molar-refractivity contribution >= 4 is 11.8 Å². The standard InChI is InChI=1S/C23H27N3O3/c1-3-23(22(27)28,26-14-6-7-15-26)18-19-9-11-20(12-10-19)29-17-16-25(2)21-8-4-5-13-24-21/h4-15H,3,16-18H2,1-2H3,(H,27,28)/t23-/m1/s1. The van der Waals surface area contributed by atoms with Crippen LogP contribution in [0.15, 0.2) is 73.2 Å². The molecule has 1 N–H and O–H groups in total. The number of aliphatic carboxylic acids is 1. The molecule has 0 saturated carbocycles. The second-order valence-corrected chi connectivity index (χ2v) is 7.06. The zero-order chi connectivity index (χ0) is 20.7. The topological polar surface area (TPSA) is 67.6 Å². The van der Waals surface area contributed by atoms with Crippen molar-refractivity contribution in [2.75, 3.05) is 25.1 Å². The van der Waals surface area contributed by atoms with Gasteiger partial charge in [0.1, 0.15) is 23.7 Å². The van der Waals surface area contributed by atoms with Crippen molar-refractivity contribution in [3.05, 3.63) is 78.8 Å². The van der Waals surface area contributed by atoms with Crippen LogP contribution in [0.3, 0.4) is 0 Å². The van der Waals surface area contributed by atoms with E-state index in [0.717, 1.165) is 17.1 Å². The van der Waals surface area contributed by atoms with E-state index in [1.54, 1.807) is 10.8 Å². The molecule has 0 unspecified atom stereocenters. The Morgan fingerprint density at radius 1 is 1.14 bits per heavy atom. The van der Waals surface area contributed by atoms with Gasteiger partial charge in [-0.25, -0.2) is 9.78 Å². The second kappa shape index (κ2) is 9.28. The van der Waals surface area contributed by atoms with Gasteiger partial charge < -0.3 is 19.3 Å². The van der Waals surface area contributed by atoms with E-state index >= 15 is 0 Å². The van der Waals surface area contributed by atoms with Crippen LogP contribution in [0.2, 0.25) is 0 Å². The zero-order valence-electron chi connectivity index (χ0n) is 16.9. The highest BCUT2D eigenvalue weighted by atomic mass is 16.5. The Morgan fingerprint density at radius 3 is 2.45 bits per heavy atom. The highest BCUT2D eigenvalue weighted by Crippen LogP contribution is 2.28. The van der Waals surface area contributed by atoms with Crippen LogP contribution >= 0.6 is 0 Å². The molecule has 0 spiro atoms. The third kappa shape index (κ3) is 4.77. The average molecular weight is 393 g/mol. The zero-order valence-corrected chi connectivity index (χ0v) is 16.9. The van der Waals surface area contributed by atoms with Gasteiger partial charge in [-0.1, -0.05) is 25.1 Å². The molecule has 2 aromatic heterocycles. The second-order valence-electron chi connectivity index (χ2n) is 7.06. The minimum Gasteiger partial charge on any atom is -0.492 e. The first-order valence-corrected chi connectivity index (χ1v) is 9.76. The number of carboxylic acid groups (broad SMARTS) is 1. The Hall–Kier alpha value is -3.28. The fourth-order valence-electron chi connectivity index (χ4n) is 3.39. The van der Waals surface area contributed by atoms with Crippen LogP contribution in [-0.4, -0.2) is 40.8 Å². The van der Waals surface area contributed by atoms with E-state index in [-0.39, 0.29) is 0 Å². The highest BCUT2D eigenvalue weighted by molar-refractivity contribution is 5.77. The summed E-state index contributed by atoms with van der Waals surface area (Å²) < 4.78 is 7.62. The van der Waals surface area contributed by atoms with Gasteiger partial charge in [0.25, 0.3) is 0 Å². The number of likely N-dealkylation sites (N-methyl/N-ethyl adjacent to an activating group) is 1. The van der Waals surface area contributed by atoms with Gasteiger partial charge in [-0.15, -0.1) is 0 Å². The number of hydrogen-bond donors (Lipinski definition) is 1. The van der Waals surface area contributed by atoms with Crippen molar-refractivity contribution in [2.24, 2.45) is 0 Å². The smallest absolute Gasteiger partial charge is 0.330 e. The van der Waals surface area contributed by atoms with E-state index in [1.165, 1.54) is 0 Å². The van der Waals surface area contributed by atoms with Crippen LogP contribution in [0.5, 0.6) is 5.75 Å². The minimum absolute atomic E-state index is 0.413. The van der Waals surface area contributed by atoms with Gasteiger partial charge in [0, 0.05) is 32.1 Å². The first-order chi connectivity index (χ1) is 14.0. The molecule has 0 saturated heterocycles. The van der Waals surface area contributed by atoms with Crippen LogP contribution in [0.4, 0.5) is 5.82 Å². The lowest BCUT2D eigenvalue weighted by atomic mass is 9.88.